The third-order valence-corrected chi connectivity index (χ3v) is 4.14. The molecule has 0 fully saturated rings. The van der Waals surface area contributed by atoms with Gasteiger partial charge in [0.15, 0.2) is 5.82 Å². The fourth-order valence-electron chi connectivity index (χ4n) is 2.82. The van der Waals surface area contributed by atoms with Crippen molar-refractivity contribution in [2.45, 2.75) is 0 Å². The van der Waals surface area contributed by atoms with E-state index in [0.29, 0.717) is 0 Å². The molecule has 0 saturated carbocycles. The summed E-state index contributed by atoms with van der Waals surface area (Å²) in [7, 11) is 0. The molecule has 0 aliphatic rings. The summed E-state index contributed by atoms with van der Waals surface area (Å²) in [5.74, 6) is 0.771. The molecule has 0 radical (unpaired) electrons. The number of nitrogens with one attached hydrogen (secondary N) is 1. The highest BCUT2D eigenvalue weighted by atomic mass is 32.1. The van der Waals surface area contributed by atoms with Gasteiger partial charge in [0.05, 0.1) is 11.0 Å². The summed E-state index contributed by atoms with van der Waals surface area (Å²) in [4.78, 5) is 6.33. The SMILES string of the molecule is S=CN(c1ccccc1)c1n[nH]cc1-c1ccnc2ccccc12. The minimum atomic E-state index is 0.771. The fraction of sp³-hybridized carbons (Fsp3) is 0. The van der Waals surface area contributed by atoms with E-state index >= 15 is 0 Å². The number of pyridine rings is 1. The molecule has 1 N–H and O–H groups in total. The van der Waals surface area contributed by atoms with Crippen molar-refractivity contribution >= 4 is 40.1 Å². The number of nitrogens with zero attached hydrogens (tertiary/aromatic N) is 3. The van der Waals surface area contributed by atoms with Crippen LogP contribution in [-0.4, -0.2) is 20.7 Å². The number of benzene rings is 2. The van der Waals surface area contributed by atoms with Gasteiger partial charge in [-0.3, -0.25) is 15.0 Å². The zero-order chi connectivity index (χ0) is 16.4. The first kappa shape index (κ1) is 14.5. The Morgan fingerprint density at radius 2 is 1.71 bits per heavy atom. The molecule has 5 heteroatoms. The van der Waals surface area contributed by atoms with E-state index in [2.05, 4.69) is 21.2 Å². The highest BCUT2D eigenvalue weighted by Crippen LogP contribution is 2.35. The Balaban J connectivity index is 1.90. The van der Waals surface area contributed by atoms with Crippen LogP contribution in [0.1, 0.15) is 0 Å². The molecule has 2 aromatic heterocycles. The van der Waals surface area contributed by atoms with Crippen LogP contribution in [-0.2, 0) is 0 Å². The Bertz CT molecular complexity index is 989. The topological polar surface area (TPSA) is 44.8 Å². The molecule has 2 aromatic carbocycles. The largest absolute Gasteiger partial charge is 0.290 e. The summed E-state index contributed by atoms with van der Waals surface area (Å²) in [5.41, 5.74) is 5.59. The minimum absolute atomic E-state index is 0.771. The monoisotopic (exact) mass is 330 g/mol. The second kappa shape index (κ2) is 6.22. The smallest absolute Gasteiger partial charge is 0.167 e. The number of thiocarbonyl (C=S) groups is 1. The molecule has 0 amide bonds. The summed E-state index contributed by atoms with van der Waals surface area (Å²) in [5, 5.41) is 8.48. The van der Waals surface area contributed by atoms with Gasteiger partial charge in [-0.2, -0.15) is 5.10 Å². The Hall–Kier alpha value is -3.05. The van der Waals surface area contributed by atoms with Crippen LogP contribution in [0.25, 0.3) is 22.0 Å². The van der Waals surface area contributed by atoms with E-state index in [1.54, 1.807) is 5.49 Å². The van der Waals surface area contributed by atoms with Crippen LogP contribution in [0, 0.1) is 0 Å². The summed E-state index contributed by atoms with van der Waals surface area (Å²) in [6.07, 6.45) is 3.71. The molecule has 116 valence electrons. The number of hydrogen-bond donors (Lipinski definition) is 1. The van der Waals surface area contributed by atoms with E-state index in [9.17, 15) is 0 Å². The molecule has 4 aromatic rings. The van der Waals surface area contributed by atoms with Gasteiger partial charge in [0, 0.05) is 29.0 Å². The first-order chi connectivity index (χ1) is 11.9. The third kappa shape index (κ3) is 2.45. The van der Waals surface area contributed by atoms with Crippen molar-refractivity contribution in [3.8, 4) is 11.1 Å². The van der Waals surface area contributed by atoms with Crippen molar-refractivity contribution in [1.29, 1.82) is 0 Å². The van der Waals surface area contributed by atoms with Crippen molar-refractivity contribution in [1.82, 2.24) is 15.2 Å². The van der Waals surface area contributed by atoms with Crippen molar-refractivity contribution in [2.24, 2.45) is 0 Å². The number of H-pyrrole nitrogens is 1. The second-order valence-electron chi connectivity index (χ2n) is 5.31. The van der Waals surface area contributed by atoms with Crippen LogP contribution in [0.5, 0.6) is 0 Å². The molecule has 0 bridgehead atoms. The van der Waals surface area contributed by atoms with Crippen molar-refractivity contribution < 1.29 is 0 Å². The molecule has 0 aliphatic carbocycles. The standard InChI is InChI=1S/C19H14N4S/c24-13-23(14-6-2-1-3-7-14)19-17(12-21-22-19)15-10-11-20-18-9-5-4-8-16(15)18/h1-13H,(H,21,22). The highest BCUT2D eigenvalue weighted by molar-refractivity contribution is 7.79. The summed E-state index contributed by atoms with van der Waals surface area (Å²) >= 11 is 5.24. The van der Waals surface area contributed by atoms with E-state index < -0.39 is 0 Å². The molecular formula is C19H14N4S. The maximum atomic E-state index is 5.24. The van der Waals surface area contributed by atoms with Gasteiger partial charge in [-0.25, -0.2) is 0 Å². The van der Waals surface area contributed by atoms with Gasteiger partial charge in [0.25, 0.3) is 0 Å². The fourth-order valence-corrected chi connectivity index (χ4v) is 3.04. The van der Waals surface area contributed by atoms with Gasteiger partial charge in [-0.1, -0.05) is 48.6 Å². The number of hydrogen-bond acceptors (Lipinski definition) is 3. The van der Waals surface area contributed by atoms with E-state index in [4.69, 9.17) is 12.2 Å². The van der Waals surface area contributed by atoms with Gasteiger partial charge in [-0.05, 0) is 29.8 Å². The predicted molar refractivity (Wildman–Crippen MR) is 102 cm³/mol. The average Bonchev–Trinajstić information content (AvgIpc) is 3.12. The van der Waals surface area contributed by atoms with Crippen molar-refractivity contribution in [3.63, 3.8) is 0 Å². The maximum Gasteiger partial charge on any atom is 0.167 e. The number of anilines is 2. The van der Waals surface area contributed by atoms with Crippen molar-refractivity contribution in [3.05, 3.63) is 73.1 Å². The Morgan fingerprint density at radius 1 is 0.917 bits per heavy atom. The highest BCUT2D eigenvalue weighted by Gasteiger charge is 2.17. The molecule has 4 nitrogen and oxygen atoms in total. The number of fused-ring (bicyclic) bond motifs is 1. The van der Waals surface area contributed by atoms with Crippen LogP contribution in [0.4, 0.5) is 11.5 Å². The second-order valence-corrected chi connectivity index (χ2v) is 5.52. The molecule has 0 atom stereocenters. The summed E-state index contributed by atoms with van der Waals surface area (Å²) in [6, 6.07) is 20.0. The number of aromatic nitrogens is 3. The quantitative estimate of drug-likeness (QED) is 0.550. The molecule has 0 saturated heterocycles. The number of para-hydroxylation sites is 2. The van der Waals surface area contributed by atoms with Gasteiger partial charge in [0.2, 0.25) is 0 Å². The lowest BCUT2D eigenvalue weighted by atomic mass is 10.0. The summed E-state index contributed by atoms with van der Waals surface area (Å²) < 4.78 is 0. The Morgan fingerprint density at radius 3 is 2.54 bits per heavy atom. The lowest BCUT2D eigenvalue weighted by Gasteiger charge is -2.18. The van der Waals surface area contributed by atoms with Crippen LogP contribution in [0.3, 0.4) is 0 Å². The van der Waals surface area contributed by atoms with Gasteiger partial charge >= 0.3 is 0 Å². The molecule has 0 unspecified atom stereocenters. The lowest BCUT2D eigenvalue weighted by Crippen LogP contribution is -2.14. The zero-order valence-corrected chi connectivity index (χ0v) is 13.6. The first-order valence-electron chi connectivity index (χ1n) is 7.56. The maximum absolute atomic E-state index is 5.24. The first-order valence-corrected chi connectivity index (χ1v) is 8.03. The van der Waals surface area contributed by atoms with Crippen molar-refractivity contribution in [2.75, 3.05) is 4.90 Å². The average molecular weight is 330 g/mol. The van der Waals surface area contributed by atoms with E-state index in [0.717, 1.165) is 33.5 Å². The van der Waals surface area contributed by atoms with Crippen LogP contribution < -0.4 is 4.90 Å². The van der Waals surface area contributed by atoms with E-state index in [1.165, 1.54) is 0 Å². The summed E-state index contributed by atoms with van der Waals surface area (Å²) in [6.45, 7) is 0. The van der Waals surface area contributed by atoms with Gasteiger partial charge in [0.1, 0.15) is 0 Å². The number of rotatable bonds is 4. The van der Waals surface area contributed by atoms with Crippen LogP contribution in [0.15, 0.2) is 73.1 Å². The molecule has 0 spiro atoms. The predicted octanol–water partition coefficient (Wildman–Crippen LogP) is 4.72. The van der Waals surface area contributed by atoms with Gasteiger partial charge < -0.3 is 0 Å². The third-order valence-electron chi connectivity index (χ3n) is 3.93. The zero-order valence-electron chi connectivity index (χ0n) is 12.8. The lowest BCUT2D eigenvalue weighted by molar-refractivity contribution is 1.08. The molecule has 24 heavy (non-hydrogen) atoms. The molecule has 4 rings (SSSR count). The van der Waals surface area contributed by atoms with Crippen LogP contribution >= 0.6 is 12.2 Å². The minimum Gasteiger partial charge on any atom is -0.290 e. The normalized spacial score (nSPS) is 10.7. The van der Waals surface area contributed by atoms with Crippen LogP contribution in [0.2, 0.25) is 0 Å². The number of aromatic amines is 1. The molecular weight excluding hydrogens is 316 g/mol. The van der Waals surface area contributed by atoms with Gasteiger partial charge in [-0.15, -0.1) is 0 Å². The van der Waals surface area contributed by atoms with E-state index in [1.807, 2.05) is 71.9 Å². The Kier molecular flexibility index (Phi) is 3.76. The molecule has 2 heterocycles. The Labute approximate surface area is 144 Å². The van der Waals surface area contributed by atoms with E-state index in [-0.39, 0.29) is 0 Å². The molecule has 0 aliphatic heterocycles.